The highest BCUT2D eigenvalue weighted by Crippen LogP contribution is 1.82. The van der Waals surface area contributed by atoms with Gasteiger partial charge in [-0.1, -0.05) is 0 Å². The number of aromatic nitrogens is 2. The Morgan fingerprint density at radius 3 is 2.58 bits per heavy atom. The molecule has 0 atom stereocenters. The fraction of sp³-hybridized carbons (Fsp3) is 0.571. The summed E-state index contributed by atoms with van der Waals surface area (Å²) in [5, 5.41) is 17.2. The lowest BCUT2D eigenvalue weighted by Crippen LogP contribution is -3.00. The van der Waals surface area contributed by atoms with E-state index < -0.39 is 0 Å². The first-order chi connectivity index (χ1) is 5.36. The fourth-order valence-electron chi connectivity index (χ4n) is 0.934. The standard InChI is InChI=1S/C7H13N2O2.BrH/c10-5-3-8-1-2-9(7-8)4-6-11;/h1-2,7,10-11H,3-6H2;1H/q+1;/p-1. The molecular formula is C7H13BrN2O2. The topological polar surface area (TPSA) is 49.3 Å². The molecule has 0 saturated heterocycles. The Hall–Kier alpha value is -0.390. The van der Waals surface area contributed by atoms with Gasteiger partial charge in [-0.2, -0.15) is 0 Å². The molecule has 0 aliphatic heterocycles. The van der Waals surface area contributed by atoms with Crippen LogP contribution in [-0.2, 0) is 13.1 Å². The summed E-state index contributed by atoms with van der Waals surface area (Å²) in [6, 6.07) is 0. The van der Waals surface area contributed by atoms with Gasteiger partial charge in [0.25, 0.3) is 0 Å². The predicted molar refractivity (Wildman–Crippen MR) is 38.8 cm³/mol. The largest absolute Gasteiger partial charge is 1.00 e. The van der Waals surface area contributed by atoms with E-state index in [9.17, 15) is 0 Å². The molecule has 4 nitrogen and oxygen atoms in total. The van der Waals surface area contributed by atoms with E-state index in [1.54, 1.807) is 0 Å². The average Bonchev–Trinajstić information content (AvgIpc) is 2.38. The van der Waals surface area contributed by atoms with Crippen molar-refractivity contribution >= 4 is 0 Å². The number of hydrogen-bond acceptors (Lipinski definition) is 2. The summed E-state index contributed by atoms with van der Waals surface area (Å²) in [6.07, 6.45) is 5.59. The normalized spacial score (nSPS) is 9.50. The first kappa shape index (κ1) is 11.6. The van der Waals surface area contributed by atoms with Crippen molar-refractivity contribution < 1.29 is 31.8 Å². The van der Waals surface area contributed by atoms with Crippen molar-refractivity contribution in [2.24, 2.45) is 0 Å². The smallest absolute Gasteiger partial charge is 0.243 e. The van der Waals surface area contributed by atoms with E-state index in [-0.39, 0.29) is 30.2 Å². The summed E-state index contributed by atoms with van der Waals surface area (Å²) < 4.78 is 3.74. The van der Waals surface area contributed by atoms with Crippen LogP contribution in [-0.4, -0.2) is 28.0 Å². The molecule has 0 spiro atoms. The van der Waals surface area contributed by atoms with E-state index in [4.69, 9.17) is 10.2 Å². The molecule has 0 unspecified atom stereocenters. The maximum atomic E-state index is 8.58. The van der Waals surface area contributed by atoms with Crippen LogP contribution in [0.3, 0.4) is 0 Å². The Kier molecular flexibility index (Phi) is 5.96. The van der Waals surface area contributed by atoms with Gasteiger partial charge in [-0.25, -0.2) is 9.13 Å². The summed E-state index contributed by atoms with van der Waals surface area (Å²) in [5.41, 5.74) is 0. The van der Waals surface area contributed by atoms with Crippen LogP contribution in [0.5, 0.6) is 0 Å². The molecule has 0 aliphatic carbocycles. The van der Waals surface area contributed by atoms with Gasteiger partial charge in [0.2, 0.25) is 6.33 Å². The molecule has 0 aromatic carbocycles. The van der Waals surface area contributed by atoms with Crippen molar-refractivity contribution in [1.29, 1.82) is 0 Å². The highest BCUT2D eigenvalue weighted by atomic mass is 79.9. The highest BCUT2D eigenvalue weighted by Gasteiger charge is 2.00. The lowest BCUT2D eigenvalue weighted by molar-refractivity contribution is -0.697. The molecule has 1 aromatic rings. The second-order valence-electron chi connectivity index (χ2n) is 2.34. The van der Waals surface area contributed by atoms with Crippen molar-refractivity contribution in [2.75, 3.05) is 13.2 Å². The Morgan fingerprint density at radius 2 is 2.00 bits per heavy atom. The van der Waals surface area contributed by atoms with Gasteiger partial charge in [-0.05, 0) is 0 Å². The summed E-state index contributed by atoms with van der Waals surface area (Å²) in [4.78, 5) is 0. The molecule has 2 N–H and O–H groups in total. The monoisotopic (exact) mass is 236 g/mol. The van der Waals surface area contributed by atoms with Gasteiger partial charge in [0, 0.05) is 0 Å². The predicted octanol–water partition coefficient (Wildman–Crippen LogP) is -4.24. The Labute approximate surface area is 81.8 Å². The summed E-state index contributed by atoms with van der Waals surface area (Å²) in [5.74, 6) is 0. The van der Waals surface area contributed by atoms with Gasteiger partial charge in [0.05, 0.1) is 13.2 Å². The van der Waals surface area contributed by atoms with Crippen LogP contribution in [0.2, 0.25) is 0 Å². The van der Waals surface area contributed by atoms with E-state index in [1.807, 2.05) is 27.9 Å². The van der Waals surface area contributed by atoms with Gasteiger partial charge in [0.15, 0.2) is 0 Å². The second-order valence-corrected chi connectivity index (χ2v) is 2.34. The lowest BCUT2D eigenvalue weighted by atomic mass is 10.7. The van der Waals surface area contributed by atoms with Crippen LogP contribution >= 0.6 is 0 Å². The number of imidazole rings is 1. The minimum absolute atomic E-state index is 0. The maximum Gasteiger partial charge on any atom is 0.243 e. The third-order valence-corrected chi connectivity index (χ3v) is 1.46. The molecule has 0 aliphatic rings. The summed E-state index contributed by atoms with van der Waals surface area (Å²) in [7, 11) is 0. The lowest BCUT2D eigenvalue weighted by Gasteiger charge is -1.89. The Balaban J connectivity index is 0.00000121. The van der Waals surface area contributed by atoms with Gasteiger partial charge in [0.1, 0.15) is 25.5 Å². The summed E-state index contributed by atoms with van der Waals surface area (Å²) in [6.45, 7) is 1.51. The van der Waals surface area contributed by atoms with E-state index in [0.29, 0.717) is 13.1 Å². The zero-order valence-corrected chi connectivity index (χ0v) is 8.31. The van der Waals surface area contributed by atoms with Crippen molar-refractivity contribution in [2.45, 2.75) is 13.1 Å². The van der Waals surface area contributed by atoms with Gasteiger partial charge in [-0.15, -0.1) is 0 Å². The zero-order chi connectivity index (χ0) is 8.10. The molecule has 70 valence electrons. The molecule has 0 radical (unpaired) electrons. The first-order valence-corrected chi connectivity index (χ1v) is 3.63. The van der Waals surface area contributed by atoms with Crippen LogP contribution in [0.1, 0.15) is 0 Å². The minimum Gasteiger partial charge on any atom is -1.00 e. The van der Waals surface area contributed by atoms with Crippen LogP contribution in [0.25, 0.3) is 0 Å². The SMILES string of the molecule is OCCn1cc[n+](CCO)c1.[Br-]. The van der Waals surface area contributed by atoms with E-state index in [1.165, 1.54) is 0 Å². The average molecular weight is 237 g/mol. The van der Waals surface area contributed by atoms with Crippen molar-refractivity contribution in [1.82, 2.24) is 4.57 Å². The molecular weight excluding hydrogens is 224 g/mol. The maximum absolute atomic E-state index is 8.58. The number of aliphatic hydroxyl groups excluding tert-OH is 2. The zero-order valence-electron chi connectivity index (χ0n) is 6.73. The van der Waals surface area contributed by atoms with E-state index in [2.05, 4.69) is 0 Å². The molecule has 1 rings (SSSR count). The van der Waals surface area contributed by atoms with Crippen molar-refractivity contribution in [3.8, 4) is 0 Å². The van der Waals surface area contributed by atoms with E-state index in [0.717, 1.165) is 0 Å². The van der Waals surface area contributed by atoms with Crippen molar-refractivity contribution in [3.05, 3.63) is 18.7 Å². The molecule has 0 bridgehead atoms. The molecule has 12 heavy (non-hydrogen) atoms. The summed E-state index contributed by atoms with van der Waals surface area (Å²) >= 11 is 0. The fourth-order valence-corrected chi connectivity index (χ4v) is 0.934. The minimum atomic E-state index is 0. The van der Waals surface area contributed by atoms with Gasteiger partial charge in [-0.3, -0.25) is 0 Å². The quantitative estimate of drug-likeness (QED) is 0.521. The Bertz CT molecular complexity index is 194. The number of rotatable bonds is 4. The van der Waals surface area contributed by atoms with Crippen LogP contribution in [0, 0.1) is 0 Å². The molecule has 0 saturated carbocycles. The number of nitrogens with zero attached hydrogens (tertiary/aromatic N) is 2. The molecule has 0 amide bonds. The molecule has 0 fully saturated rings. The number of halogens is 1. The third kappa shape index (κ3) is 3.34. The Morgan fingerprint density at radius 1 is 1.25 bits per heavy atom. The van der Waals surface area contributed by atoms with E-state index >= 15 is 0 Å². The first-order valence-electron chi connectivity index (χ1n) is 3.63. The van der Waals surface area contributed by atoms with Crippen LogP contribution < -0.4 is 21.5 Å². The molecule has 1 heterocycles. The van der Waals surface area contributed by atoms with Gasteiger partial charge >= 0.3 is 0 Å². The van der Waals surface area contributed by atoms with Crippen molar-refractivity contribution in [3.63, 3.8) is 0 Å². The second kappa shape index (κ2) is 6.16. The third-order valence-electron chi connectivity index (χ3n) is 1.46. The molecule has 5 heteroatoms. The number of aliphatic hydroxyl groups is 2. The highest BCUT2D eigenvalue weighted by molar-refractivity contribution is 4.65. The van der Waals surface area contributed by atoms with Crippen LogP contribution in [0.4, 0.5) is 0 Å². The number of hydrogen-bond donors (Lipinski definition) is 2. The molecule has 1 aromatic heterocycles. The van der Waals surface area contributed by atoms with Gasteiger partial charge < -0.3 is 27.2 Å². The van der Waals surface area contributed by atoms with Crippen LogP contribution in [0.15, 0.2) is 18.7 Å².